The molecule has 0 aromatic carbocycles. The Balaban J connectivity index is 2.66. The van der Waals surface area contributed by atoms with Crippen molar-refractivity contribution in [1.29, 1.82) is 0 Å². The summed E-state index contributed by atoms with van der Waals surface area (Å²) in [6, 6.07) is 3.37. The van der Waals surface area contributed by atoms with E-state index in [9.17, 15) is 4.79 Å². The van der Waals surface area contributed by atoms with E-state index in [4.69, 9.17) is 5.11 Å². The Morgan fingerprint density at radius 1 is 1.67 bits per heavy atom. The Morgan fingerprint density at radius 2 is 2.50 bits per heavy atom. The smallest absolute Gasteiger partial charge is 0.168 e. The average Bonchev–Trinajstić information content (AvgIpc) is 2.15. The second kappa shape index (κ2) is 4.46. The van der Waals surface area contributed by atoms with Gasteiger partial charge in [0.25, 0.3) is 0 Å². The molecule has 0 spiro atoms. The number of nitrogens with one attached hydrogen (secondary N) is 1. The van der Waals surface area contributed by atoms with Gasteiger partial charge in [-0.25, -0.2) is 0 Å². The number of rotatable bonds is 4. The monoisotopic (exact) mass is 166 g/mol. The number of aliphatic hydroxyl groups excluding tert-OH is 1. The van der Waals surface area contributed by atoms with Crippen molar-refractivity contribution in [2.45, 2.75) is 0 Å². The van der Waals surface area contributed by atoms with Crippen LogP contribution in [0.2, 0.25) is 0 Å². The van der Waals surface area contributed by atoms with E-state index in [0.29, 0.717) is 18.5 Å². The lowest BCUT2D eigenvalue weighted by atomic mass is 10.3. The van der Waals surface area contributed by atoms with Crippen LogP contribution in [-0.4, -0.2) is 29.5 Å². The fourth-order valence-electron chi connectivity index (χ4n) is 0.823. The second-order valence-electron chi connectivity index (χ2n) is 2.24. The van der Waals surface area contributed by atoms with Crippen molar-refractivity contribution < 1.29 is 9.90 Å². The van der Waals surface area contributed by atoms with Gasteiger partial charge in [0.1, 0.15) is 5.69 Å². The number of nitrogens with zero attached hydrogens (tertiary/aromatic N) is 1. The summed E-state index contributed by atoms with van der Waals surface area (Å²) in [7, 11) is 0. The van der Waals surface area contributed by atoms with Gasteiger partial charge in [0.05, 0.1) is 6.61 Å². The minimum Gasteiger partial charge on any atom is -0.395 e. The van der Waals surface area contributed by atoms with Crippen LogP contribution in [0.25, 0.3) is 0 Å². The molecular formula is C8H10N2O2. The van der Waals surface area contributed by atoms with Gasteiger partial charge in [-0.15, -0.1) is 0 Å². The zero-order chi connectivity index (χ0) is 8.81. The molecule has 1 aromatic heterocycles. The van der Waals surface area contributed by atoms with Crippen LogP contribution in [-0.2, 0) is 0 Å². The van der Waals surface area contributed by atoms with E-state index in [0.717, 1.165) is 5.69 Å². The van der Waals surface area contributed by atoms with Crippen molar-refractivity contribution in [1.82, 2.24) is 4.98 Å². The molecule has 1 heterocycles. The molecule has 0 aliphatic rings. The quantitative estimate of drug-likeness (QED) is 0.631. The first kappa shape index (κ1) is 8.67. The predicted octanol–water partition coefficient (Wildman–Crippen LogP) is 0.298. The number of hydrogen-bond acceptors (Lipinski definition) is 4. The maximum absolute atomic E-state index is 10.3. The van der Waals surface area contributed by atoms with Crippen molar-refractivity contribution in [3.05, 3.63) is 24.0 Å². The highest BCUT2D eigenvalue weighted by atomic mass is 16.3. The molecule has 0 aliphatic heterocycles. The Labute approximate surface area is 70.3 Å². The van der Waals surface area contributed by atoms with E-state index in [2.05, 4.69) is 10.3 Å². The zero-order valence-electron chi connectivity index (χ0n) is 6.53. The first-order valence-corrected chi connectivity index (χ1v) is 3.63. The maximum Gasteiger partial charge on any atom is 0.168 e. The normalized spacial score (nSPS) is 9.42. The van der Waals surface area contributed by atoms with Gasteiger partial charge in [0.15, 0.2) is 6.29 Å². The number of pyridine rings is 1. The van der Waals surface area contributed by atoms with Gasteiger partial charge < -0.3 is 10.4 Å². The summed E-state index contributed by atoms with van der Waals surface area (Å²) in [5.74, 6) is 0. The van der Waals surface area contributed by atoms with Crippen molar-refractivity contribution in [2.24, 2.45) is 0 Å². The van der Waals surface area contributed by atoms with Crippen LogP contribution < -0.4 is 5.32 Å². The van der Waals surface area contributed by atoms with Gasteiger partial charge in [-0.1, -0.05) is 0 Å². The third-order valence-corrected chi connectivity index (χ3v) is 1.34. The fourth-order valence-corrected chi connectivity index (χ4v) is 0.823. The Morgan fingerprint density at radius 3 is 3.17 bits per heavy atom. The number of anilines is 1. The predicted molar refractivity (Wildman–Crippen MR) is 45.2 cm³/mol. The minimum atomic E-state index is 0.0682. The first-order chi connectivity index (χ1) is 5.86. The number of aromatic nitrogens is 1. The molecule has 0 unspecified atom stereocenters. The molecule has 0 radical (unpaired) electrons. The molecular weight excluding hydrogens is 156 g/mol. The fraction of sp³-hybridized carbons (Fsp3) is 0.250. The van der Waals surface area contributed by atoms with E-state index < -0.39 is 0 Å². The Bertz CT molecular complexity index is 263. The minimum absolute atomic E-state index is 0.0682. The largest absolute Gasteiger partial charge is 0.395 e. The molecule has 1 aromatic rings. The average molecular weight is 166 g/mol. The molecule has 0 aliphatic carbocycles. The molecule has 1 rings (SSSR count). The van der Waals surface area contributed by atoms with Gasteiger partial charge >= 0.3 is 0 Å². The summed E-state index contributed by atoms with van der Waals surface area (Å²) in [6.45, 7) is 0.543. The first-order valence-electron chi connectivity index (χ1n) is 3.63. The zero-order valence-corrected chi connectivity index (χ0v) is 6.53. The molecule has 0 atom stereocenters. The van der Waals surface area contributed by atoms with Crippen molar-refractivity contribution in [3.63, 3.8) is 0 Å². The van der Waals surface area contributed by atoms with E-state index in [1.165, 1.54) is 0 Å². The summed E-state index contributed by atoms with van der Waals surface area (Å²) in [5, 5.41) is 11.4. The standard InChI is InChI=1S/C8H10N2O2/c11-4-3-10-7-1-2-9-8(5-7)6-12/h1-2,5-6,11H,3-4H2,(H,9,10). The topological polar surface area (TPSA) is 62.2 Å². The molecule has 0 amide bonds. The molecule has 64 valence electrons. The molecule has 0 fully saturated rings. The number of aliphatic hydroxyl groups is 1. The number of hydrogen-bond donors (Lipinski definition) is 2. The van der Waals surface area contributed by atoms with Gasteiger partial charge in [0, 0.05) is 18.4 Å². The summed E-state index contributed by atoms with van der Waals surface area (Å²) in [4.78, 5) is 14.1. The molecule has 4 heteroatoms. The van der Waals surface area contributed by atoms with E-state index in [1.807, 2.05) is 0 Å². The summed E-state index contributed by atoms with van der Waals surface area (Å²) in [5.41, 5.74) is 1.18. The molecule has 0 bridgehead atoms. The van der Waals surface area contributed by atoms with Crippen LogP contribution in [0.3, 0.4) is 0 Å². The Hall–Kier alpha value is -1.42. The summed E-state index contributed by atoms with van der Waals surface area (Å²) >= 11 is 0. The van der Waals surface area contributed by atoms with Crippen molar-refractivity contribution >= 4 is 12.0 Å². The van der Waals surface area contributed by atoms with Crippen LogP contribution in [0.15, 0.2) is 18.3 Å². The highest BCUT2D eigenvalue weighted by Crippen LogP contribution is 2.05. The highest BCUT2D eigenvalue weighted by molar-refractivity contribution is 5.73. The van der Waals surface area contributed by atoms with E-state index >= 15 is 0 Å². The lowest BCUT2D eigenvalue weighted by molar-refractivity contribution is 0.111. The molecule has 4 nitrogen and oxygen atoms in total. The van der Waals surface area contributed by atoms with Crippen LogP contribution in [0.5, 0.6) is 0 Å². The lowest BCUT2D eigenvalue weighted by Crippen LogP contribution is -2.05. The summed E-state index contributed by atoms with van der Waals surface area (Å²) < 4.78 is 0. The van der Waals surface area contributed by atoms with Crippen LogP contribution >= 0.6 is 0 Å². The summed E-state index contributed by atoms with van der Waals surface area (Å²) in [6.07, 6.45) is 2.23. The molecule has 2 N–H and O–H groups in total. The van der Waals surface area contributed by atoms with Gasteiger partial charge in [-0.05, 0) is 12.1 Å². The SMILES string of the molecule is O=Cc1cc(NCCO)ccn1. The number of carbonyl (C=O) groups excluding carboxylic acids is 1. The van der Waals surface area contributed by atoms with Crippen molar-refractivity contribution in [2.75, 3.05) is 18.5 Å². The van der Waals surface area contributed by atoms with E-state index in [1.54, 1.807) is 18.3 Å². The third-order valence-electron chi connectivity index (χ3n) is 1.34. The van der Waals surface area contributed by atoms with Gasteiger partial charge in [0.2, 0.25) is 0 Å². The van der Waals surface area contributed by atoms with Gasteiger partial charge in [-0.2, -0.15) is 0 Å². The maximum atomic E-state index is 10.3. The Kier molecular flexibility index (Phi) is 3.22. The van der Waals surface area contributed by atoms with Crippen LogP contribution in [0.1, 0.15) is 10.5 Å². The highest BCUT2D eigenvalue weighted by Gasteiger charge is 1.93. The second-order valence-corrected chi connectivity index (χ2v) is 2.24. The number of carbonyl (C=O) groups is 1. The number of aldehydes is 1. The van der Waals surface area contributed by atoms with Crippen LogP contribution in [0, 0.1) is 0 Å². The van der Waals surface area contributed by atoms with Crippen molar-refractivity contribution in [3.8, 4) is 0 Å². The third kappa shape index (κ3) is 2.32. The molecule has 0 saturated heterocycles. The van der Waals surface area contributed by atoms with Gasteiger partial charge in [-0.3, -0.25) is 9.78 Å². The molecule has 0 saturated carbocycles. The van der Waals surface area contributed by atoms with Crippen LogP contribution in [0.4, 0.5) is 5.69 Å². The van der Waals surface area contributed by atoms with E-state index in [-0.39, 0.29) is 6.61 Å². The lowest BCUT2D eigenvalue weighted by Gasteiger charge is -2.02. The molecule has 12 heavy (non-hydrogen) atoms.